The van der Waals surface area contributed by atoms with Crippen LogP contribution in [-0.4, -0.2) is 30.3 Å². The van der Waals surface area contributed by atoms with Crippen LogP contribution >= 0.6 is 0 Å². The summed E-state index contributed by atoms with van der Waals surface area (Å²) in [6.07, 6.45) is 0.265. The molecule has 0 saturated heterocycles. The van der Waals surface area contributed by atoms with Crippen LogP contribution in [0.3, 0.4) is 0 Å². The zero-order valence-corrected chi connectivity index (χ0v) is 13.8. The minimum absolute atomic E-state index is 0.199. The number of rotatable bonds is 7. The fourth-order valence-corrected chi connectivity index (χ4v) is 2.40. The SMILES string of the molecule is CC(O)CC(C)CNC(=O)NCC(C)(C)c1ccccc1F. The molecule has 2 amide bonds. The second kappa shape index (κ2) is 8.13. The third-order valence-corrected chi connectivity index (χ3v) is 3.65. The van der Waals surface area contributed by atoms with E-state index < -0.39 is 5.41 Å². The molecule has 5 heteroatoms. The molecule has 3 N–H and O–H groups in total. The van der Waals surface area contributed by atoms with Crippen LogP contribution in [0, 0.1) is 11.7 Å². The molecule has 0 radical (unpaired) electrons. The van der Waals surface area contributed by atoms with Crippen LogP contribution in [0.15, 0.2) is 24.3 Å². The van der Waals surface area contributed by atoms with Gasteiger partial charge in [0.05, 0.1) is 6.10 Å². The first-order valence-electron chi connectivity index (χ1n) is 7.67. The van der Waals surface area contributed by atoms with Gasteiger partial charge in [0.15, 0.2) is 0 Å². The second-order valence-corrected chi connectivity index (χ2v) is 6.62. The van der Waals surface area contributed by atoms with Gasteiger partial charge in [-0.1, -0.05) is 39.0 Å². The Morgan fingerprint density at radius 3 is 2.50 bits per heavy atom. The van der Waals surface area contributed by atoms with Crippen molar-refractivity contribution in [1.82, 2.24) is 10.6 Å². The fourth-order valence-electron chi connectivity index (χ4n) is 2.40. The van der Waals surface area contributed by atoms with Gasteiger partial charge in [0.2, 0.25) is 0 Å². The van der Waals surface area contributed by atoms with Gasteiger partial charge in [-0.05, 0) is 30.9 Å². The minimum atomic E-state index is -0.492. The van der Waals surface area contributed by atoms with Gasteiger partial charge in [-0.15, -0.1) is 0 Å². The van der Waals surface area contributed by atoms with Gasteiger partial charge in [-0.3, -0.25) is 0 Å². The maximum absolute atomic E-state index is 13.8. The van der Waals surface area contributed by atoms with Crippen molar-refractivity contribution in [1.29, 1.82) is 0 Å². The lowest BCUT2D eigenvalue weighted by atomic mass is 9.84. The zero-order chi connectivity index (χ0) is 16.8. The summed E-state index contributed by atoms with van der Waals surface area (Å²) < 4.78 is 13.8. The van der Waals surface area contributed by atoms with Crippen LogP contribution in [-0.2, 0) is 5.41 Å². The molecule has 0 bridgehead atoms. The molecule has 0 aromatic heterocycles. The van der Waals surface area contributed by atoms with Gasteiger partial charge in [-0.25, -0.2) is 9.18 Å². The maximum atomic E-state index is 13.8. The largest absolute Gasteiger partial charge is 0.393 e. The van der Waals surface area contributed by atoms with Crippen molar-refractivity contribution in [3.05, 3.63) is 35.6 Å². The molecule has 0 aliphatic heterocycles. The molecule has 2 unspecified atom stereocenters. The van der Waals surface area contributed by atoms with Crippen molar-refractivity contribution < 1.29 is 14.3 Å². The van der Waals surface area contributed by atoms with E-state index in [4.69, 9.17) is 0 Å². The van der Waals surface area contributed by atoms with Crippen molar-refractivity contribution in [3.8, 4) is 0 Å². The average Bonchev–Trinajstić information content (AvgIpc) is 2.42. The molecule has 1 rings (SSSR count). The molecule has 0 fully saturated rings. The molecule has 0 spiro atoms. The Morgan fingerprint density at radius 2 is 1.91 bits per heavy atom. The highest BCUT2D eigenvalue weighted by molar-refractivity contribution is 5.73. The number of carbonyl (C=O) groups is 1. The highest BCUT2D eigenvalue weighted by Gasteiger charge is 2.24. The summed E-state index contributed by atoms with van der Waals surface area (Å²) in [5, 5.41) is 14.8. The summed E-state index contributed by atoms with van der Waals surface area (Å²) in [6, 6.07) is 6.33. The molecule has 22 heavy (non-hydrogen) atoms. The van der Waals surface area contributed by atoms with Crippen molar-refractivity contribution in [2.45, 2.75) is 45.6 Å². The van der Waals surface area contributed by atoms with Crippen molar-refractivity contribution in [3.63, 3.8) is 0 Å². The smallest absolute Gasteiger partial charge is 0.314 e. The standard InChI is InChI=1S/C17H27FN2O2/c1-12(9-13(2)21)10-19-16(22)20-11-17(3,4)14-7-5-6-8-15(14)18/h5-8,12-13,21H,9-11H2,1-4H3,(H2,19,20,22). The Kier molecular flexibility index (Phi) is 6.81. The number of carbonyl (C=O) groups excluding carboxylic acids is 1. The Morgan fingerprint density at radius 1 is 1.27 bits per heavy atom. The number of aliphatic hydroxyl groups is 1. The van der Waals surface area contributed by atoms with E-state index in [9.17, 15) is 14.3 Å². The van der Waals surface area contributed by atoms with Gasteiger partial charge >= 0.3 is 6.03 Å². The van der Waals surface area contributed by atoms with E-state index in [1.54, 1.807) is 25.1 Å². The highest BCUT2D eigenvalue weighted by atomic mass is 19.1. The molecule has 0 saturated carbocycles. The van der Waals surface area contributed by atoms with E-state index in [-0.39, 0.29) is 23.9 Å². The summed E-state index contributed by atoms with van der Waals surface area (Å²) >= 11 is 0. The Hall–Kier alpha value is -1.62. The van der Waals surface area contributed by atoms with E-state index in [1.807, 2.05) is 20.8 Å². The summed E-state index contributed by atoms with van der Waals surface area (Å²) in [7, 11) is 0. The third kappa shape index (κ3) is 6.02. The van der Waals surface area contributed by atoms with Gasteiger partial charge in [0.1, 0.15) is 5.82 Å². The maximum Gasteiger partial charge on any atom is 0.314 e. The number of nitrogens with one attached hydrogen (secondary N) is 2. The second-order valence-electron chi connectivity index (χ2n) is 6.62. The number of amides is 2. The molecule has 124 valence electrons. The molecule has 1 aromatic carbocycles. The van der Waals surface area contributed by atoms with Crippen molar-refractivity contribution in [2.24, 2.45) is 5.92 Å². The molecular weight excluding hydrogens is 283 g/mol. The van der Waals surface area contributed by atoms with Crippen molar-refractivity contribution >= 4 is 6.03 Å². The molecule has 2 atom stereocenters. The zero-order valence-electron chi connectivity index (χ0n) is 13.8. The predicted molar refractivity (Wildman–Crippen MR) is 86.3 cm³/mol. The molecule has 1 aromatic rings. The topological polar surface area (TPSA) is 61.4 Å². The van der Waals surface area contributed by atoms with Crippen LogP contribution in [0.5, 0.6) is 0 Å². The number of benzene rings is 1. The number of aliphatic hydroxyl groups excluding tert-OH is 1. The van der Waals surface area contributed by atoms with Crippen molar-refractivity contribution in [2.75, 3.05) is 13.1 Å². The number of halogens is 1. The van der Waals surface area contributed by atoms with E-state index >= 15 is 0 Å². The van der Waals surface area contributed by atoms with E-state index in [0.29, 0.717) is 25.1 Å². The first-order valence-corrected chi connectivity index (χ1v) is 7.67. The fraction of sp³-hybridized carbons (Fsp3) is 0.588. The molecule has 0 heterocycles. The minimum Gasteiger partial charge on any atom is -0.393 e. The van der Waals surface area contributed by atoms with Crippen LogP contribution in [0.1, 0.15) is 39.7 Å². The lowest BCUT2D eigenvalue weighted by Crippen LogP contribution is -2.43. The van der Waals surface area contributed by atoms with Gasteiger partial charge in [0, 0.05) is 18.5 Å². The van der Waals surface area contributed by atoms with E-state index in [1.165, 1.54) is 6.07 Å². The van der Waals surface area contributed by atoms with Crippen LogP contribution in [0.4, 0.5) is 9.18 Å². The Balaban J connectivity index is 2.45. The molecule has 0 aliphatic rings. The van der Waals surface area contributed by atoms with Crippen LogP contribution in [0.25, 0.3) is 0 Å². The predicted octanol–water partition coefficient (Wildman–Crippen LogP) is 2.81. The molecular formula is C17H27FN2O2. The number of urea groups is 1. The summed E-state index contributed by atoms with van der Waals surface area (Å²) in [5.41, 5.74) is 0.0891. The van der Waals surface area contributed by atoms with Gasteiger partial charge in [0.25, 0.3) is 0 Å². The Labute approximate surface area is 132 Å². The summed E-state index contributed by atoms with van der Waals surface area (Å²) in [4.78, 5) is 11.8. The lowest BCUT2D eigenvalue weighted by molar-refractivity contribution is 0.163. The van der Waals surface area contributed by atoms with Gasteiger partial charge in [-0.2, -0.15) is 0 Å². The number of hydrogen-bond donors (Lipinski definition) is 3. The Bertz CT molecular complexity index is 489. The molecule has 0 aliphatic carbocycles. The van der Waals surface area contributed by atoms with E-state index in [2.05, 4.69) is 10.6 Å². The molecule has 4 nitrogen and oxygen atoms in total. The van der Waals surface area contributed by atoms with Gasteiger partial charge < -0.3 is 15.7 Å². The first kappa shape index (κ1) is 18.4. The summed E-state index contributed by atoms with van der Waals surface area (Å²) in [5.74, 6) is -0.0643. The lowest BCUT2D eigenvalue weighted by Gasteiger charge is -2.26. The quantitative estimate of drug-likeness (QED) is 0.725. The first-order chi connectivity index (χ1) is 10.2. The summed E-state index contributed by atoms with van der Waals surface area (Å²) in [6.45, 7) is 8.31. The third-order valence-electron chi connectivity index (χ3n) is 3.65. The highest BCUT2D eigenvalue weighted by Crippen LogP contribution is 2.24. The van der Waals surface area contributed by atoms with Crippen LogP contribution in [0.2, 0.25) is 0 Å². The van der Waals surface area contributed by atoms with E-state index in [0.717, 1.165) is 0 Å². The number of hydrogen-bond acceptors (Lipinski definition) is 2. The average molecular weight is 310 g/mol. The monoisotopic (exact) mass is 310 g/mol. The van der Waals surface area contributed by atoms with Crippen LogP contribution < -0.4 is 10.6 Å². The normalized spacial score (nSPS) is 14.3.